The van der Waals surface area contributed by atoms with Gasteiger partial charge < -0.3 is 15.2 Å². The molecule has 0 spiro atoms. The Bertz CT molecular complexity index is 265. The maximum atomic E-state index is 9.57. The Morgan fingerprint density at radius 1 is 1.25 bits per heavy atom. The lowest BCUT2D eigenvalue weighted by Gasteiger charge is -2.43. The number of ether oxygens (including phenoxy) is 1. The van der Waals surface area contributed by atoms with Crippen LogP contribution in [0.5, 0.6) is 0 Å². The van der Waals surface area contributed by atoms with Crippen LogP contribution in [-0.2, 0) is 4.74 Å². The second-order valence-electron chi connectivity index (χ2n) is 6.58. The van der Waals surface area contributed by atoms with Crippen LogP contribution >= 0.6 is 0 Å². The molecular formula is C16H32N2O2. The van der Waals surface area contributed by atoms with E-state index in [4.69, 9.17) is 4.74 Å². The molecule has 118 valence electrons. The van der Waals surface area contributed by atoms with Crippen molar-refractivity contribution in [2.24, 2.45) is 5.41 Å². The van der Waals surface area contributed by atoms with Gasteiger partial charge in [-0.15, -0.1) is 0 Å². The Hall–Kier alpha value is -0.160. The smallest absolute Gasteiger partial charge is 0.0644 e. The molecular weight excluding hydrogens is 252 g/mol. The third kappa shape index (κ3) is 4.42. The van der Waals surface area contributed by atoms with Gasteiger partial charge in [-0.2, -0.15) is 0 Å². The molecule has 0 aromatic rings. The maximum Gasteiger partial charge on any atom is 0.0644 e. The average molecular weight is 284 g/mol. The van der Waals surface area contributed by atoms with Crippen molar-refractivity contribution in [1.29, 1.82) is 0 Å². The van der Waals surface area contributed by atoms with Crippen LogP contribution in [0.15, 0.2) is 0 Å². The lowest BCUT2D eigenvalue weighted by Crippen LogP contribution is -2.53. The Morgan fingerprint density at radius 3 is 2.65 bits per heavy atom. The van der Waals surface area contributed by atoms with Crippen LogP contribution in [-0.4, -0.2) is 62.0 Å². The van der Waals surface area contributed by atoms with Gasteiger partial charge in [-0.3, -0.25) is 4.90 Å². The van der Waals surface area contributed by atoms with Crippen LogP contribution < -0.4 is 5.32 Å². The van der Waals surface area contributed by atoms with Crippen LogP contribution in [0.25, 0.3) is 0 Å². The number of morpholine rings is 1. The number of aliphatic hydroxyl groups is 1. The van der Waals surface area contributed by atoms with Crippen molar-refractivity contribution in [3.05, 3.63) is 0 Å². The highest BCUT2D eigenvalue weighted by Gasteiger charge is 2.35. The van der Waals surface area contributed by atoms with Gasteiger partial charge in [0.25, 0.3) is 0 Å². The first-order chi connectivity index (χ1) is 9.79. The zero-order chi connectivity index (χ0) is 14.3. The third-order valence-corrected chi connectivity index (χ3v) is 5.01. The number of hydrogen-bond donors (Lipinski definition) is 2. The van der Waals surface area contributed by atoms with E-state index >= 15 is 0 Å². The van der Waals surface area contributed by atoms with Crippen LogP contribution in [0.3, 0.4) is 0 Å². The van der Waals surface area contributed by atoms with E-state index in [0.29, 0.717) is 12.0 Å². The van der Waals surface area contributed by atoms with Crippen molar-refractivity contribution in [1.82, 2.24) is 10.2 Å². The summed E-state index contributed by atoms with van der Waals surface area (Å²) >= 11 is 0. The molecule has 2 rings (SSSR count). The first-order valence-electron chi connectivity index (χ1n) is 8.43. The molecule has 2 aliphatic rings. The standard InChI is InChI=1S/C16H32N2O2/c1-2-17-13-16(7-5-3-4-6-8-16)14-18-9-10-20-12-15(18)11-19/h15,17,19H,2-14H2,1H3. The molecule has 1 saturated heterocycles. The summed E-state index contributed by atoms with van der Waals surface area (Å²) in [6.45, 7) is 8.18. The van der Waals surface area contributed by atoms with E-state index in [1.54, 1.807) is 0 Å². The number of nitrogens with one attached hydrogen (secondary N) is 1. The minimum absolute atomic E-state index is 0.200. The van der Waals surface area contributed by atoms with Crippen LogP contribution in [0, 0.1) is 5.41 Å². The van der Waals surface area contributed by atoms with E-state index < -0.39 is 0 Å². The molecule has 1 saturated carbocycles. The lowest BCUT2D eigenvalue weighted by atomic mass is 9.79. The average Bonchev–Trinajstić information content (AvgIpc) is 2.72. The van der Waals surface area contributed by atoms with Crippen molar-refractivity contribution in [3.8, 4) is 0 Å². The van der Waals surface area contributed by atoms with E-state index in [2.05, 4.69) is 17.1 Å². The van der Waals surface area contributed by atoms with Gasteiger partial charge in [-0.05, 0) is 24.8 Å². The van der Waals surface area contributed by atoms with Gasteiger partial charge in [-0.1, -0.05) is 32.6 Å². The van der Waals surface area contributed by atoms with E-state index in [9.17, 15) is 5.11 Å². The minimum Gasteiger partial charge on any atom is -0.395 e. The zero-order valence-electron chi connectivity index (χ0n) is 13.1. The van der Waals surface area contributed by atoms with Crippen molar-refractivity contribution < 1.29 is 9.84 Å². The lowest BCUT2D eigenvalue weighted by molar-refractivity contribution is -0.0467. The highest BCUT2D eigenvalue weighted by atomic mass is 16.5. The maximum absolute atomic E-state index is 9.57. The van der Waals surface area contributed by atoms with E-state index in [1.165, 1.54) is 38.5 Å². The molecule has 1 aliphatic carbocycles. The second kappa shape index (κ2) is 8.32. The fourth-order valence-corrected chi connectivity index (χ4v) is 3.76. The van der Waals surface area contributed by atoms with E-state index in [1.807, 2.05) is 0 Å². The molecule has 0 bridgehead atoms. The van der Waals surface area contributed by atoms with Gasteiger partial charge in [0.1, 0.15) is 0 Å². The number of hydrogen-bond acceptors (Lipinski definition) is 4. The summed E-state index contributed by atoms with van der Waals surface area (Å²) in [5.41, 5.74) is 0.400. The molecule has 0 radical (unpaired) electrons. The normalized spacial score (nSPS) is 28.2. The first kappa shape index (κ1) is 16.2. The molecule has 2 fully saturated rings. The van der Waals surface area contributed by atoms with Crippen molar-refractivity contribution in [3.63, 3.8) is 0 Å². The van der Waals surface area contributed by atoms with Crippen molar-refractivity contribution >= 4 is 0 Å². The molecule has 0 aromatic carbocycles. The fourth-order valence-electron chi connectivity index (χ4n) is 3.76. The Labute approximate surface area is 123 Å². The molecule has 4 heteroatoms. The number of nitrogens with zero attached hydrogens (tertiary/aromatic N) is 1. The minimum atomic E-state index is 0.200. The van der Waals surface area contributed by atoms with Gasteiger partial charge in [0.15, 0.2) is 0 Å². The summed E-state index contributed by atoms with van der Waals surface area (Å²) in [5.74, 6) is 0. The molecule has 1 unspecified atom stereocenters. The number of rotatable bonds is 6. The fraction of sp³-hybridized carbons (Fsp3) is 1.00. The summed E-state index contributed by atoms with van der Waals surface area (Å²) in [6.07, 6.45) is 8.16. The van der Waals surface area contributed by atoms with Gasteiger partial charge in [0.2, 0.25) is 0 Å². The number of aliphatic hydroxyl groups excluding tert-OH is 1. The Kier molecular flexibility index (Phi) is 6.75. The summed E-state index contributed by atoms with van der Waals surface area (Å²) in [7, 11) is 0. The van der Waals surface area contributed by atoms with Gasteiger partial charge >= 0.3 is 0 Å². The molecule has 1 atom stereocenters. The highest BCUT2D eigenvalue weighted by molar-refractivity contribution is 4.89. The summed E-state index contributed by atoms with van der Waals surface area (Å²) in [4.78, 5) is 2.48. The summed E-state index contributed by atoms with van der Waals surface area (Å²) in [5, 5.41) is 13.2. The van der Waals surface area contributed by atoms with E-state index in [-0.39, 0.29) is 12.6 Å². The second-order valence-corrected chi connectivity index (χ2v) is 6.58. The van der Waals surface area contributed by atoms with Gasteiger partial charge in [0.05, 0.1) is 25.9 Å². The quantitative estimate of drug-likeness (QED) is 0.728. The highest BCUT2D eigenvalue weighted by Crippen LogP contribution is 2.36. The molecule has 20 heavy (non-hydrogen) atoms. The van der Waals surface area contributed by atoms with Crippen molar-refractivity contribution in [2.75, 3.05) is 46.0 Å². The van der Waals surface area contributed by atoms with E-state index in [0.717, 1.165) is 32.8 Å². The molecule has 0 amide bonds. The van der Waals surface area contributed by atoms with Crippen LogP contribution in [0.1, 0.15) is 45.4 Å². The summed E-state index contributed by atoms with van der Waals surface area (Å²) < 4.78 is 5.51. The zero-order valence-corrected chi connectivity index (χ0v) is 13.1. The topological polar surface area (TPSA) is 44.7 Å². The molecule has 4 nitrogen and oxygen atoms in total. The van der Waals surface area contributed by atoms with Gasteiger partial charge in [-0.25, -0.2) is 0 Å². The monoisotopic (exact) mass is 284 g/mol. The molecule has 2 N–H and O–H groups in total. The third-order valence-electron chi connectivity index (χ3n) is 5.01. The Balaban J connectivity index is 2.01. The van der Waals surface area contributed by atoms with Crippen LogP contribution in [0.4, 0.5) is 0 Å². The SMILES string of the molecule is CCNCC1(CN2CCOCC2CO)CCCCCC1. The predicted molar refractivity (Wildman–Crippen MR) is 81.9 cm³/mol. The molecule has 1 aliphatic heterocycles. The molecule has 1 heterocycles. The summed E-state index contributed by atoms with van der Waals surface area (Å²) in [6, 6.07) is 0.200. The van der Waals surface area contributed by atoms with Crippen LogP contribution in [0.2, 0.25) is 0 Å². The van der Waals surface area contributed by atoms with Crippen molar-refractivity contribution in [2.45, 2.75) is 51.5 Å². The molecule has 0 aromatic heterocycles. The van der Waals surface area contributed by atoms with Gasteiger partial charge in [0, 0.05) is 19.6 Å². The first-order valence-corrected chi connectivity index (χ1v) is 8.43. The largest absolute Gasteiger partial charge is 0.395 e. The Morgan fingerprint density at radius 2 is 2.00 bits per heavy atom. The predicted octanol–water partition coefficient (Wildman–Crippen LogP) is 1.63.